The fraction of sp³-hybridized carbons (Fsp3) is 0.357. The predicted octanol–water partition coefficient (Wildman–Crippen LogP) is 1.45. The van der Waals surface area contributed by atoms with E-state index in [1.807, 2.05) is 30.3 Å². The molecule has 0 aliphatic rings. The number of benzene rings is 1. The molecule has 0 bridgehead atoms. The second kappa shape index (κ2) is 6.81. The van der Waals surface area contributed by atoms with Gasteiger partial charge >= 0.3 is 5.97 Å². The van der Waals surface area contributed by atoms with Crippen LogP contribution in [0.3, 0.4) is 0 Å². The van der Waals surface area contributed by atoms with Crippen molar-refractivity contribution in [3.8, 4) is 0 Å². The maximum atomic E-state index is 11.6. The van der Waals surface area contributed by atoms with Crippen LogP contribution >= 0.6 is 0 Å². The SMILES string of the molecule is COCc1c(C(=O)OC)nnn1CCc1ccccc1. The van der Waals surface area contributed by atoms with Gasteiger partial charge in [0.1, 0.15) is 0 Å². The van der Waals surface area contributed by atoms with Crippen molar-refractivity contribution < 1.29 is 14.3 Å². The van der Waals surface area contributed by atoms with E-state index >= 15 is 0 Å². The number of aryl methyl sites for hydroxylation is 2. The van der Waals surface area contributed by atoms with Crippen LogP contribution in [-0.4, -0.2) is 35.2 Å². The van der Waals surface area contributed by atoms with Crippen molar-refractivity contribution in [3.63, 3.8) is 0 Å². The summed E-state index contributed by atoms with van der Waals surface area (Å²) in [5.41, 5.74) is 2.05. The first kappa shape index (κ1) is 14.2. The van der Waals surface area contributed by atoms with Gasteiger partial charge in [0.15, 0.2) is 5.69 Å². The van der Waals surface area contributed by atoms with Crippen LogP contribution < -0.4 is 0 Å². The van der Waals surface area contributed by atoms with Crippen LogP contribution in [0, 0.1) is 0 Å². The van der Waals surface area contributed by atoms with E-state index in [9.17, 15) is 4.79 Å². The molecule has 0 N–H and O–H groups in total. The van der Waals surface area contributed by atoms with Crippen molar-refractivity contribution in [2.75, 3.05) is 14.2 Å². The molecule has 6 heteroatoms. The highest BCUT2D eigenvalue weighted by Gasteiger charge is 2.19. The van der Waals surface area contributed by atoms with Crippen molar-refractivity contribution in [2.24, 2.45) is 0 Å². The van der Waals surface area contributed by atoms with Crippen LogP contribution in [0.5, 0.6) is 0 Å². The molecule has 0 saturated carbocycles. The van der Waals surface area contributed by atoms with Gasteiger partial charge < -0.3 is 9.47 Å². The van der Waals surface area contributed by atoms with Crippen LogP contribution in [0.25, 0.3) is 0 Å². The molecule has 0 aliphatic carbocycles. The molecule has 106 valence electrons. The zero-order valence-electron chi connectivity index (χ0n) is 11.6. The number of carbonyl (C=O) groups is 1. The molecular weight excluding hydrogens is 258 g/mol. The molecule has 0 aliphatic heterocycles. The smallest absolute Gasteiger partial charge is 0.360 e. The summed E-state index contributed by atoms with van der Waals surface area (Å²) in [6, 6.07) is 10.1. The lowest BCUT2D eigenvalue weighted by molar-refractivity contribution is 0.0588. The first-order valence-corrected chi connectivity index (χ1v) is 6.29. The highest BCUT2D eigenvalue weighted by atomic mass is 16.5. The van der Waals surface area contributed by atoms with Crippen LogP contribution in [0.15, 0.2) is 30.3 Å². The first-order chi connectivity index (χ1) is 9.76. The maximum absolute atomic E-state index is 11.6. The molecule has 20 heavy (non-hydrogen) atoms. The van der Waals surface area contributed by atoms with Gasteiger partial charge in [0.05, 0.1) is 19.4 Å². The van der Waals surface area contributed by atoms with E-state index in [0.717, 1.165) is 6.42 Å². The summed E-state index contributed by atoms with van der Waals surface area (Å²) in [5.74, 6) is -0.497. The van der Waals surface area contributed by atoms with Crippen molar-refractivity contribution >= 4 is 5.97 Å². The molecule has 0 unspecified atom stereocenters. The fourth-order valence-corrected chi connectivity index (χ4v) is 1.93. The van der Waals surface area contributed by atoms with Crippen LogP contribution in [0.2, 0.25) is 0 Å². The Bertz CT molecular complexity index is 566. The standard InChI is InChI=1S/C14H17N3O3/c1-19-10-12-13(14(18)20-2)15-16-17(12)9-8-11-6-4-3-5-7-11/h3-7H,8-10H2,1-2H3. The molecule has 0 fully saturated rings. The molecule has 0 amide bonds. The summed E-state index contributed by atoms with van der Waals surface area (Å²) in [6.07, 6.45) is 0.807. The molecule has 0 atom stereocenters. The largest absolute Gasteiger partial charge is 0.464 e. The summed E-state index contributed by atoms with van der Waals surface area (Å²) in [6.45, 7) is 0.902. The number of carbonyl (C=O) groups excluding carboxylic acids is 1. The average Bonchev–Trinajstić information content (AvgIpc) is 2.89. The van der Waals surface area contributed by atoms with E-state index < -0.39 is 5.97 Å². The zero-order chi connectivity index (χ0) is 14.4. The van der Waals surface area contributed by atoms with Gasteiger partial charge in [0.2, 0.25) is 0 Å². The Morgan fingerprint density at radius 2 is 2.00 bits per heavy atom. The number of aromatic nitrogens is 3. The highest BCUT2D eigenvalue weighted by molar-refractivity contribution is 5.88. The lowest BCUT2D eigenvalue weighted by atomic mass is 10.1. The first-order valence-electron chi connectivity index (χ1n) is 6.29. The van der Waals surface area contributed by atoms with Crippen LogP contribution in [-0.2, 0) is 29.0 Å². The normalized spacial score (nSPS) is 10.5. The van der Waals surface area contributed by atoms with E-state index in [4.69, 9.17) is 4.74 Å². The van der Waals surface area contributed by atoms with E-state index in [2.05, 4.69) is 15.0 Å². The Hall–Kier alpha value is -2.21. The van der Waals surface area contributed by atoms with Crippen molar-refractivity contribution in [1.29, 1.82) is 0 Å². The molecular formula is C14H17N3O3. The monoisotopic (exact) mass is 275 g/mol. The van der Waals surface area contributed by atoms with E-state index in [-0.39, 0.29) is 12.3 Å². The Kier molecular flexibility index (Phi) is 4.84. The maximum Gasteiger partial charge on any atom is 0.360 e. The topological polar surface area (TPSA) is 66.2 Å². The van der Waals surface area contributed by atoms with Crippen molar-refractivity contribution in [3.05, 3.63) is 47.3 Å². The number of ether oxygens (including phenoxy) is 2. The molecule has 0 radical (unpaired) electrons. The van der Waals surface area contributed by atoms with Crippen LogP contribution in [0.4, 0.5) is 0 Å². The average molecular weight is 275 g/mol. The van der Waals surface area contributed by atoms with Gasteiger partial charge in [-0.3, -0.25) is 0 Å². The number of hydrogen-bond acceptors (Lipinski definition) is 5. The van der Waals surface area contributed by atoms with Gasteiger partial charge in [-0.25, -0.2) is 9.48 Å². The quantitative estimate of drug-likeness (QED) is 0.747. The lowest BCUT2D eigenvalue weighted by Gasteiger charge is -2.06. The molecule has 0 saturated heterocycles. The highest BCUT2D eigenvalue weighted by Crippen LogP contribution is 2.10. The summed E-state index contributed by atoms with van der Waals surface area (Å²) in [5, 5.41) is 7.88. The molecule has 6 nitrogen and oxygen atoms in total. The minimum Gasteiger partial charge on any atom is -0.464 e. The Labute approximate surface area is 117 Å². The van der Waals surface area contributed by atoms with Gasteiger partial charge in [-0.1, -0.05) is 35.5 Å². The summed E-state index contributed by atoms with van der Waals surface area (Å²) < 4.78 is 11.5. The molecule has 0 spiro atoms. The minimum absolute atomic E-state index is 0.211. The van der Waals surface area contributed by atoms with Gasteiger partial charge in [0.25, 0.3) is 0 Å². The summed E-state index contributed by atoms with van der Waals surface area (Å²) in [7, 11) is 2.89. The third kappa shape index (κ3) is 3.21. The van der Waals surface area contributed by atoms with Gasteiger partial charge in [-0.15, -0.1) is 5.10 Å². The van der Waals surface area contributed by atoms with Gasteiger partial charge in [-0.05, 0) is 12.0 Å². The van der Waals surface area contributed by atoms with Crippen molar-refractivity contribution in [1.82, 2.24) is 15.0 Å². The number of nitrogens with zero attached hydrogens (tertiary/aromatic N) is 3. The van der Waals surface area contributed by atoms with Crippen molar-refractivity contribution in [2.45, 2.75) is 19.6 Å². The second-order valence-corrected chi connectivity index (χ2v) is 4.27. The molecule has 1 aromatic heterocycles. The lowest BCUT2D eigenvalue weighted by Crippen LogP contribution is -2.12. The number of esters is 1. The van der Waals surface area contributed by atoms with E-state index in [1.54, 1.807) is 11.8 Å². The Morgan fingerprint density at radius 3 is 2.65 bits per heavy atom. The third-order valence-corrected chi connectivity index (χ3v) is 2.95. The zero-order valence-corrected chi connectivity index (χ0v) is 11.6. The summed E-state index contributed by atoms with van der Waals surface area (Å²) in [4.78, 5) is 11.6. The predicted molar refractivity (Wildman–Crippen MR) is 72.2 cm³/mol. The number of methoxy groups -OCH3 is 2. The third-order valence-electron chi connectivity index (χ3n) is 2.95. The van der Waals surface area contributed by atoms with Crippen LogP contribution in [0.1, 0.15) is 21.7 Å². The Morgan fingerprint density at radius 1 is 1.25 bits per heavy atom. The minimum atomic E-state index is -0.497. The second-order valence-electron chi connectivity index (χ2n) is 4.27. The molecule has 1 aromatic carbocycles. The number of rotatable bonds is 6. The molecule has 2 rings (SSSR count). The van der Waals surface area contributed by atoms with E-state index in [0.29, 0.717) is 12.2 Å². The van der Waals surface area contributed by atoms with Gasteiger partial charge in [0, 0.05) is 13.7 Å². The van der Waals surface area contributed by atoms with E-state index in [1.165, 1.54) is 12.7 Å². The number of hydrogen-bond donors (Lipinski definition) is 0. The van der Waals surface area contributed by atoms with Gasteiger partial charge in [-0.2, -0.15) is 0 Å². The molecule has 2 aromatic rings. The Balaban J connectivity index is 2.15. The fourth-order valence-electron chi connectivity index (χ4n) is 1.93. The molecule has 1 heterocycles. The summed E-state index contributed by atoms with van der Waals surface area (Å²) >= 11 is 0.